The fraction of sp³-hybridized carbons (Fsp3) is 0.111. The summed E-state index contributed by atoms with van der Waals surface area (Å²) < 4.78 is 1.88. The zero-order chi connectivity index (χ0) is 25.8. The molecule has 0 fully saturated rings. The van der Waals surface area contributed by atoms with Gasteiger partial charge in [-0.1, -0.05) is 30.9 Å². The fourth-order valence-corrected chi connectivity index (χ4v) is 4.00. The van der Waals surface area contributed by atoms with E-state index in [1.807, 2.05) is 60.2 Å². The number of carbonyl (C=O) groups is 1. The van der Waals surface area contributed by atoms with Gasteiger partial charge in [-0.15, -0.1) is 0 Å². The highest BCUT2D eigenvalue weighted by Gasteiger charge is 2.12. The quantitative estimate of drug-likeness (QED) is 0.220. The summed E-state index contributed by atoms with van der Waals surface area (Å²) >= 11 is 0. The number of rotatable bonds is 8. The van der Waals surface area contributed by atoms with Crippen LogP contribution in [0.2, 0.25) is 0 Å². The second kappa shape index (κ2) is 10.2. The van der Waals surface area contributed by atoms with E-state index in [4.69, 9.17) is 0 Å². The minimum Gasteiger partial charge on any atom is -0.339 e. The first kappa shape index (κ1) is 23.6. The Morgan fingerprint density at radius 2 is 2.03 bits per heavy atom. The van der Waals surface area contributed by atoms with E-state index in [2.05, 4.69) is 47.0 Å². The molecule has 4 heterocycles. The van der Waals surface area contributed by atoms with Crippen LogP contribution >= 0.6 is 0 Å². The molecule has 0 aliphatic carbocycles. The van der Waals surface area contributed by atoms with Gasteiger partial charge >= 0.3 is 0 Å². The van der Waals surface area contributed by atoms with Crippen molar-refractivity contribution in [3.63, 3.8) is 0 Å². The van der Waals surface area contributed by atoms with Crippen LogP contribution in [0.5, 0.6) is 0 Å². The number of aliphatic imine (C=N–C) groups is 1. The number of anilines is 1. The normalized spacial score (nSPS) is 11.9. The number of aromatic nitrogens is 7. The first-order valence-electron chi connectivity index (χ1n) is 11.6. The smallest absolute Gasteiger partial charge is 0.230 e. The Morgan fingerprint density at radius 1 is 1.19 bits per heavy atom. The number of nitrogens with zero attached hydrogens (tertiary/aromatic N) is 6. The van der Waals surface area contributed by atoms with E-state index in [1.165, 1.54) is 6.33 Å². The molecular formula is C27H25N9O. The maximum atomic E-state index is 12.6. The number of fused-ring (bicyclic) bond motifs is 1. The molecule has 0 bridgehead atoms. The van der Waals surface area contributed by atoms with Crippen LogP contribution in [-0.2, 0) is 11.2 Å². The predicted molar refractivity (Wildman–Crippen MR) is 145 cm³/mol. The third-order valence-corrected chi connectivity index (χ3v) is 5.68. The molecule has 0 aliphatic rings. The summed E-state index contributed by atoms with van der Waals surface area (Å²) in [6, 6.07) is 11.5. The molecule has 1 amide bonds. The lowest BCUT2D eigenvalue weighted by atomic mass is 10.1. The van der Waals surface area contributed by atoms with Gasteiger partial charge in [0.15, 0.2) is 5.82 Å². The van der Waals surface area contributed by atoms with Gasteiger partial charge in [0.25, 0.3) is 0 Å². The van der Waals surface area contributed by atoms with Crippen LogP contribution in [0.1, 0.15) is 17.1 Å². The van der Waals surface area contributed by atoms with E-state index in [-0.39, 0.29) is 12.3 Å². The molecular weight excluding hydrogens is 466 g/mol. The number of hydrogen-bond acceptors (Lipinski definition) is 6. The number of allylic oxidation sites excluding steroid dienone is 3. The molecule has 10 heteroatoms. The van der Waals surface area contributed by atoms with Crippen molar-refractivity contribution in [3.8, 4) is 17.1 Å². The molecule has 5 rings (SSSR count). The van der Waals surface area contributed by atoms with Crippen molar-refractivity contribution < 1.29 is 4.79 Å². The first-order valence-corrected chi connectivity index (χ1v) is 11.6. The Morgan fingerprint density at radius 3 is 2.76 bits per heavy atom. The summed E-state index contributed by atoms with van der Waals surface area (Å²) in [6.07, 6.45) is 10.5. The van der Waals surface area contributed by atoms with Crippen molar-refractivity contribution in [2.45, 2.75) is 13.3 Å². The molecule has 0 radical (unpaired) electrons. The van der Waals surface area contributed by atoms with E-state index in [0.29, 0.717) is 17.1 Å². The van der Waals surface area contributed by atoms with Gasteiger partial charge in [-0.05, 0) is 36.8 Å². The summed E-state index contributed by atoms with van der Waals surface area (Å²) in [7, 11) is 1.69. The largest absolute Gasteiger partial charge is 0.339 e. The molecule has 4 aromatic heterocycles. The second-order valence-electron chi connectivity index (χ2n) is 8.39. The Kier molecular flexibility index (Phi) is 6.54. The number of imidazole rings is 1. The zero-order valence-corrected chi connectivity index (χ0v) is 20.4. The minimum atomic E-state index is -0.150. The maximum Gasteiger partial charge on any atom is 0.230 e. The molecule has 0 unspecified atom stereocenters. The summed E-state index contributed by atoms with van der Waals surface area (Å²) in [4.78, 5) is 33.1. The second-order valence-corrected chi connectivity index (χ2v) is 8.39. The Hall–Kier alpha value is -5.12. The van der Waals surface area contributed by atoms with E-state index in [0.717, 1.165) is 39.4 Å². The summed E-state index contributed by atoms with van der Waals surface area (Å²) in [5.41, 5.74) is 6.41. The predicted octanol–water partition coefficient (Wildman–Crippen LogP) is 4.29. The van der Waals surface area contributed by atoms with E-state index in [9.17, 15) is 4.79 Å². The molecule has 3 N–H and O–H groups in total. The fourth-order valence-electron chi connectivity index (χ4n) is 4.00. The van der Waals surface area contributed by atoms with Crippen LogP contribution in [0.4, 0.5) is 5.69 Å². The van der Waals surface area contributed by atoms with Crippen molar-refractivity contribution in [1.29, 1.82) is 0 Å². The molecule has 1 aromatic carbocycles. The van der Waals surface area contributed by atoms with Gasteiger partial charge in [0.1, 0.15) is 18.3 Å². The lowest BCUT2D eigenvalue weighted by Crippen LogP contribution is -2.14. The molecule has 5 aromatic rings. The molecule has 0 aliphatic heterocycles. The van der Waals surface area contributed by atoms with Crippen molar-refractivity contribution >= 4 is 34.4 Å². The Balaban J connectivity index is 1.28. The maximum absolute atomic E-state index is 12.6. The summed E-state index contributed by atoms with van der Waals surface area (Å²) in [5, 5.41) is 11.0. The van der Waals surface area contributed by atoms with Crippen molar-refractivity contribution in [3.05, 3.63) is 91.1 Å². The highest BCUT2D eigenvalue weighted by molar-refractivity contribution is 6.09. The number of carbonyl (C=O) groups excluding carboxylic acids is 1. The Bertz CT molecular complexity index is 1630. The van der Waals surface area contributed by atoms with Crippen LogP contribution in [0.25, 0.3) is 33.7 Å². The van der Waals surface area contributed by atoms with Crippen molar-refractivity contribution in [2.75, 3.05) is 12.4 Å². The van der Waals surface area contributed by atoms with Gasteiger partial charge in [0.05, 0.1) is 23.2 Å². The number of aromatic amines is 2. The van der Waals surface area contributed by atoms with Crippen LogP contribution in [0, 0.1) is 6.92 Å². The van der Waals surface area contributed by atoms with E-state index in [1.54, 1.807) is 25.7 Å². The molecule has 0 saturated heterocycles. The average Bonchev–Trinajstić information content (AvgIpc) is 3.64. The number of hydrogen-bond donors (Lipinski definition) is 3. The van der Waals surface area contributed by atoms with Gasteiger partial charge in [-0.25, -0.2) is 15.0 Å². The van der Waals surface area contributed by atoms with Crippen LogP contribution < -0.4 is 5.32 Å². The molecule has 10 nitrogen and oxygen atoms in total. The standard InChI is InChI=1S/C27H25N9O/c1-4-5-19(13-28-3)24-10-21(34-35-24)11-25(37)32-20-8-6-18(7-9-20)23-12-22-26(33-23)29-15-30-27(22)36-14-17(2)31-16-36/h4-10,12-16H,1,11H2,2-3H3,(H,32,37)(H,34,35)(H,29,30,33)/b19-5+,28-13?. The van der Waals surface area contributed by atoms with Gasteiger partial charge < -0.3 is 10.3 Å². The number of benzene rings is 1. The number of H-pyrrole nitrogens is 2. The van der Waals surface area contributed by atoms with Crippen molar-refractivity contribution in [1.82, 2.24) is 34.7 Å². The topological polar surface area (TPSA) is 130 Å². The van der Waals surface area contributed by atoms with Crippen molar-refractivity contribution in [2.24, 2.45) is 4.99 Å². The first-order chi connectivity index (χ1) is 18.0. The third kappa shape index (κ3) is 5.13. The zero-order valence-electron chi connectivity index (χ0n) is 20.4. The molecule has 0 saturated carbocycles. The number of amides is 1. The molecule has 0 atom stereocenters. The van der Waals surface area contributed by atoms with E-state index < -0.39 is 0 Å². The Labute approximate surface area is 212 Å². The van der Waals surface area contributed by atoms with Gasteiger partial charge in [-0.2, -0.15) is 5.10 Å². The van der Waals surface area contributed by atoms with Gasteiger partial charge in [-0.3, -0.25) is 19.5 Å². The molecule has 37 heavy (non-hydrogen) atoms. The lowest BCUT2D eigenvalue weighted by Gasteiger charge is -2.05. The summed E-state index contributed by atoms with van der Waals surface area (Å²) in [5.74, 6) is 0.607. The van der Waals surface area contributed by atoms with Gasteiger partial charge in [0.2, 0.25) is 5.91 Å². The van der Waals surface area contributed by atoms with Crippen LogP contribution in [0.3, 0.4) is 0 Å². The molecule has 0 spiro atoms. The van der Waals surface area contributed by atoms with Crippen LogP contribution in [0.15, 0.2) is 79.0 Å². The summed E-state index contributed by atoms with van der Waals surface area (Å²) in [6.45, 7) is 5.65. The van der Waals surface area contributed by atoms with Gasteiger partial charge in [0, 0.05) is 42.1 Å². The van der Waals surface area contributed by atoms with Crippen LogP contribution in [-0.4, -0.2) is 53.9 Å². The average molecular weight is 492 g/mol. The molecule has 184 valence electrons. The highest BCUT2D eigenvalue weighted by Crippen LogP contribution is 2.27. The minimum absolute atomic E-state index is 0.150. The number of aryl methyl sites for hydroxylation is 1. The number of nitrogens with one attached hydrogen (secondary N) is 3. The SMILES string of the molecule is C=C/C=C(\C=NC)c1cc(CC(=O)Nc2ccc(-c3cc4c(-n5cnc(C)c5)ncnc4[nH]3)cc2)[nH]n1. The monoisotopic (exact) mass is 491 g/mol. The lowest BCUT2D eigenvalue weighted by molar-refractivity contribution is -0.115. The third-order valence-electron chi connectivity index (χ3n) is 5.68. The van der Waals surface area contributed by atoms with E-state index >= 15 is 0 Å². The highest BCUT2D eigenvalue weighted by atomic mass is 16.1.